The molecule has 0 bridgehead atoms. The summed E-state index contributed by atoms with van der Waals surface area (Å²) in [4.78, 5) is 6.69. The Morgan fingerprint density at radius 3 is 2.46 bits per heavy atom. The molecule has 0 amide bonds. The minimum atomic E-state index is -2.83. The van der Waals surface area contributed by atoms with Gasteiger partial charge in [0.2, 0.25) is 0 Å². The molecule has 4 rings (SSSR count). The molecular formula is C20H21F2N3O. The molecule has 1 fully saturated rings. The van der Waals surface area contributed by atoms with E-state index in [-0.39, 0.29) is 11.7 Å². The summed E-state index contributed by atoms with van der Waals surface area (Å²) in [7, 11) is 1.90. The molecule has 0 radical (unpaired) electrons. The molecule has 2 aliphatic rings. The second-order valence-corrected chi connectivity index (χ2v) is 6.96. The van der Waals surface area contributed by atoms with Crippen molar-refractivity contribution in [1.82, 2.24) is 4.90 Å². The number of likely N-dealkylation sites (N-methyl/N-ethyl adjacent to an activating group) is 1. The zero-order valence-electron chi connectivity index (χ0n) is 14.5. The van der Waals surface area contributed by atoms with Crippen LogP contribution >= 0.6 is 0 Å². The van der Waals surface area contributed by atoms with Crippen LogP contribution in [0.1, 0.15) is 35.4 Å². The van der Waals surface area contributed by atoms with Gasteiger partial charge in [-0.1, -0.05) is 36.4 Å². The smallest absolute Gasteiger partial charge is 0.387 e. The van der Waals surface area contributed by atoms with Gasteiger partial charge in [0.25, 0.3) is 0 Å². The molecule has 0 unspecified atom stereocenters. The fraction of sp³-hybridized carbons (Fsp3) is 0.350. The van der Waals surface area contributed by atoms with E-state index in [0.717, 1.165) is 29.5 Å². The maximum absolute atomic E-state index is 12.8. The molecule has 0 saturated heterocycles. The van der Waals surface area contributed by atoms with Crippen LogP contribution in [-0.4, -0.2) is 31.1 Å². The monoisotopic (exact) mass is 357 g/mol. The number of hydrogen-bond donors (Lipinski definition) is 1. The summed E-state index contributed by atoms with van der Waals surface area (Å²) in [5.41, 5.74) is 8.24. The second-order valence-electron chi connectivity index (χ2n) is 6.96. The van der Waals surface area contributed by atoms with Crippen molar-refractivity contribution in [3.8, 4) is 5.75 Å². The van der Waals surface area contributed by atoms with E-state index in [4.69, 9.17) is 15.5 Å². The van der Waals surface area contributed by atoms with Gasteiger partial charge in [-0.15, -0.1) is 0 Å². The molecule has 1 aliphatic carbocycles. The van der Waals surface area contributed by atoms with Gasteiger partial charge in [-0.3, -0.25) is 0 Å². The van der Waals surface area contributed by atoms with E-state index in [1.807, 2.05) is 54.4 Å². The first kappa shape index (κ1) is 16.8. The lowest BCUT2D eigenvalue weighted by atomic mass is 9.82. The number of aliphatic imine (C=N–C) groups is 1. The zero-order chi connectivity index (χ0) is 18.3. The van der Waals surface area contributed by atoms with Crippen LogP contribution in [0.4, 0.5) is 8.78 Å². The summed E-state index contributed by atoms with van der Waals surface area (Å²) >= 11 is 0. The van der Waals surface area contributed by atoms with E-state index < -0.39 is 12.2 Å². The van der Waals surface area contributed by atoms with Gasteiger partial charge in [-0.05, 0) is 47.6 Å². The van der Waals surface area contributed by atoms with Crippen molar-refractivity contribution < 1.29 is 13.5 Å². The van der Waals surface area contributed by atoms with E-state index >= 15 is 0 Å². The molecule has 4 nitrogen and oxygen atoms in total. The summed E-state index contributed by atoms with van der Waals surface area (Å²) in [6.07, 6.45) is 1.99. The Labute approximate surface area is 151 Å². The maximum Gasteiger partial charge on any atom is 0.387 e. The van der Waals surface area contributed by atoms with Gasteiger partial charge in [0, 0.05) is 7.05 Å². The van der Waals surface area contributed by atoms with Gasteiger partial charge in [0.15, 0.2) is 5.96 Å². The molecule has 1 saturated carbocycles. The van der Waals surface area contributed by atoms with Gasteiger partial charge >= 0.3 is 6.61 Å². The van der Waals surface area contributed by atoms with Crippen LogP contribution in [0.2, 0.25) is 0 Å². The van der Waals surface area contributed by atoms with Crippen molar-refractivity contribution in [1.29, 1.82) is 0 Å². The van der Waals surface area contributed by atoms with E-state index in [9.17, 15) is 8.78 Å². The van der Waals surface area contributed by atoms with E-state index in [0.29, 0.717) is 12.5 Å². The summed E-state index contributed by atoms with van der Waals surface area (Å²) in [6, 6.07) is 15.4. The van der Waals surface area contributed by atoms with Crippen molar-refractivity contribution >= 4 is 5.96 Å². The summed E-state index contributed by atoms with van der Waals surface area (Å²) in [5, 5.41) is 0. The van der Waals surface area contributed by atoms with Crippen LogP contribution in [0.5, 0.6) is 5.75 Å². The van der Waals surface area contributed by atoms with Gasteiger partial charge in [0.05, 0.1) is 6.54 Å². The number of halogens is 2. The average molecular weight is 357 g/mol. The Morgan fingerprint density at radius 2 is 1.88 bits per heavy atom. The van der Waals surface area contributed by atoms with E-state index in [1.165, 1.54) is 0 Å². The van der Waals surface area contributed by atoms with Crippen LogP contribution in [0.25, 0.3) is 0 Å². The minimum absolute atomic E-state index is 0.262. The van der Waals surface area contributed by atoms with Crippen molar-refractivity contribution in [3.63, 3.8) is 0 Å². The first-order valence-corrected chi connectivity index (χ1v) is 8.71. The number of rotatable bonds is 5. The number of guanidine groups is 1. The summed E-state index contributed by atoms with van der Waals surface area (Å²) < 4.78 is 30.3. The topological polar surface area (TPSA) is 50.8 Å². The molecule has 1 atom stereocenters. The summed E-state index contributed by atoms with van der Waals surface area (Å²) in [5.74, 6) is 1.00. The molecule has 2 N–H and O–H groups in total. The highest BCUT2D eigenvalue weighted by Crippen LogP contribution is 2.47. The predicted octanol–water partition coefficient (Wildman–Crippen LogP) is 3.67. The fourth-order valence-corrected chi connectivity index (χ4v) is 3.66. The van der Waals surface area contributed by atoms with Crippen LogP contribution in [0.15, 0.2) is 53.5 Å². The first-order valence-electron chi connectivity index (χ1n) is 8.71. The minimum Gasteiger partial charge on any atom is -0.435 e. The normalized spacial score (nSPS) is 22.6. The highest BCUT2D eigenvalue weighted by molar-refractivity contribution is 5.81. The van der Waals surface area contributed by atoms with Crippen molar-refractivity contribution in [2.75, 3.05) is 13.6 Å². The maximum atomic E-state index is 12.8. The standard InChI is InChI=1S/C20H21F2N3O/c1-25-12-20(24-19(25)23,14-5-3-2-4-6-14)15-9-10-17(26-18(21)22)16(11-15)13-7-8-13/h2-6,9-11,13,18H,7-8,12H2,1H3,(H2,23,24)/t20-/m1/s1. The van der Waals surface area contributed by atoms with Crippen molar-refractivity contribution in [3.05, 3.63) is 65.2 Å². The Balaban J connectivity index is 1.84. The molecular weight excluding hydrogens is 336 g/mol. The highest BCUT2D eigenvalue weighted by atomic mass is 19.3. The van der Waals surface area contributed by atoms with Crippen LogP contribution in [0, 0.1) is 0 Å². The van der Waals surface area contributed by atoms with Gasteiger partial charge in [0.1, 0.15) is 11.3 Å². The van der Waals surface area contributed by atoms with Crippen LogP contribution in [-0.2, 0) is 5.54 Å². The number of hydrogen-bond acceptors (Lipinski definition) is 4. The molecule has 6 heteroatoms. The van der Waals surface area contributed by atoms with Gasteiger partial charge in [-0.2, -0.15) is 8.78 Å². The Morgan fingerprint density at radius 1 is 1.15 bits per heavy atom. The zero-order valence-corrected chi connectivity index (χ0v) is 14.5. The molecule has 0 spiro atoms. The van der Waals surface area contributed by atoms with Crippen molar-refractivity contribution in [2.24, 2.45) is 10.7 Å². The number of ether oxygens (including phenoxy) is 1. The average Bonchev–Trinajstić information content (AvgIpc) is 3.42. The molecule has 1 aliphatic heterocycles. The van der Waals surface area contributed by atoms with Gasteiger partial charge < -0.3 is 15.4 Å². The lowest BCUT2D eigenvalue weighted by Gasteiger charge is -2.29. The Hall–Kier alpha value is -2.63. The van der Waals surface area contributed by atoms with Crippen LogP contribution in [0.3, 0.4) is 0 Å². The van der Waals surface area contributed by atoms with Crippen molar-refractivity contribution in [2.45, 2.75) is 30.9 Å². The third kappa shape index (κ3) is 2.89. The molecule has 2 aromatic rings. The lowest BCUT2D eigenvalue weighted by Crippen LogP contribution is -2.34. The van der Waals surface area contributed by atoms with Crippen LogP contribution < -0.4 is 10.5 Å². The highest BCUT2D eigenvalue weighted by Gasteiger charge is 2.41. The number of nitrogens with two attached hydrogens (primary N) is 1. The third-order valence-electron chi connectivity index (χ3n) is 5.13. The number of benzene rings is 2. The van der Waals surface area contributed by atoms with Gasteiger partial charge in [-0.25, -0.2) is 4.99 Å². The summed E-state index contributed by atoms with van der Waals surface area (Å²) in [6.45, 7) is -2.23. The molecule has 136 valence electrons. The Kier molecular flexibility index (Phi) is 4.05. The Bertz CT molecular complexity index is 836. The van der Waals surface area contributed by atoms with E-state index in [2.05, 4.69) is 0 Å². The molecule has 26 heavy (non-hydrogen) atoms. The fourth-order valence-electron chi connectivity index (χ4n) is 3.66. The molecule has 2 aromatic carbocycles. The van der Waals surface area contributed by atoms with E-state index in [1.54, 1.807) is 6.07 Å². The largest absolute Gasteiger partial charge is 0.435 e. The molecule has 0 aromatic heterocycles. The number of alkyl halides is 2. The first-order chi connectivity index (χ1) is 12.5. The predicted molar refractivity (Wildman–Crippen MR) is 96.5 cm³/mol. The lowest BCUT2D eigenvalue weighted by molar-refractivity contribution is -0.0504. The molecule has 1 heterocycles. The number of nitrogens with zero attached hydrogens (tertiary/aromatic N) is 2. The quantitative estimate of drug-likeness (QED) is 0.888. The SMILES string of the molecule is CN1C[C@@](c2ccccc2)(c2ccc(OC(F)F)c(C3CC3)c2)N=C1N. The third-order valence-corrected chi connectivity index (χ3v) is 5.13. The second kappa shape index (κ2) is 6.27.